The Morgan fingerprint density at radius 3 is 2.78 bits per heavy atom. The number of anilines is 2. The summed E-state index contributed by atoms with van der Waals surface area (Å²) in [5.74, 6) is 1.42. The maximum Gasteiger partial charge on any atom is 0.152 e. The fourth-order valence-electron chi connectivity index (χ4n) is 2.75. The highest BCUT2D eigenvalue weighted by Gasteiger charge is 2.23. The van der Waals surface area contributed by atoms with E-state index in [0.29, 0.717) is 11.4 Å². The van der Waals surface area contributed by atoms with Crippen LogP contribution in [0.2, 0.25) is 0 Å². The Balaban J connectivity index is 1.74. The highest BCUT2D eigenvalue weighted by molar-refractivity contribution is 7.82. The van der Waals surface area contributed by atoms with Gasteiger partial charge in [0.1, 0.15) is 5.75 Å². The van der Waals surface area contributed by atoms with Crippen molar-refractivity contribution in [1.82, 2.24) is 4.72 Å². The topological polar surface area (TPSA) is 67.6 Å². The van der Waals surface area contributed by atoms with Gasteiger partial charge in [0.15, 0.2) is 5.75 Å². The Bertz CT molecular complexity index is 693. The lowest BCUT2D eigenvalue weighted by atomic mass is 10.2. The van der Waals surface area contributed by atoms with Gasteiger partial charge in [0.05, 0.1) is 16.7 Å². The molecule has 0 amide bonds. The molecule has 3 N–H and O–H groups in total. The SMILES string of the molecule is CS(=O)NC1CCN(c2ccc(N)c(Oc3ccccc3)c2)C1. The molecule has 6 heteroatoms. The third-order valence-corrected chi connectivity index (χ3v) is 4.52. The molecule has 0 aliphatic carbocycles. The van der Waals surface area contributed by atoms with Crippen LogP contribution in [0.25, 0.3) is 0 Å². The molecule has 23 heavy (non-hydrogen) atoms. The summed E-state index contributed by atoms with van der Waals surface area (Å²) in [6, 6.07) is 15.7. The van der Waals surface area contributed by atoms with Crippen molar-refractivity contribution in [2.24, 2.45) is 0 Å². The minimum atomic E-state index is -0.983. The normalized spacial score (nSPS) is 18.8. The zero-order chi connectivity index (χ0) is 16.2. The molecule has 1 heterocycles. The van der Waals surface area contributed by atoms with Crippen LogP contribution in [0, 0.1) is 0 Å². The predicted molar refractivity (Wildman–Crippen MR) is 95.2 cm³/mol. The number of nitrogens with one attached hydrogen (secondary N) is 1. The number of ether oxygens (including phenoxy) is 1. The monoisotopic (exact) mass is 331 g/mol. The van der Waals surface area contributed by atoms with Crippen molar-refractivity contribution in [1.29, 1.82) is 0 Å². The van der Waals surface area contributed by atoms with E-state index in [2.05, 4.69) is 9.62 Å². The van der Waals surface area contributed by atoms with Crippen LogP contribution in [0.5, 0.6) is 11.5 Å². The van der Waals surface area contributed by atoms with Gasteiger partial charge >= 0.3 is 0 Å². The van der Waals surface area contributed by atoms with Crippen LogP contribution in [-0.2, 0) is 11.0 Å². The van der Waals surface area contributed by atoms with E-state index >= 15 is 0 Å². The molecule has 0 radical (unpaired) electrons. The van der Waals surface area contributed by atoms with Crippen LogP contribution < -0.4 is 20.1 Å². The van der Waals surface area contributed by atoms with E-state index in [1.165, 1.54) is 0 Å². The van der Waals surface area contributed by atoms with Gasteiger partial charge in [-0.25, -0.2) is 8.93 Å². The summed E-state index contributed by atoms with van der Waals surface area (Å²) in [6.07, 6.45) is 2.64. The lowest BCUT2D eigenvalue weighted by Crippen LogP contribution is -2.33. The molecule has 0 spiro atoms. The number of benzene rings is 2. The minimum Gasteiger partial charge on any atom is -0.455 e. The summed E-state index contributed by atoms with van der Waals surface area (Å²) in [5, 5.41) is 0. The molecule has 122 valence electrons. The summed E-state index contributed by atoms with van der Waals surface area (Å²) in [4.78, 5) is 2.25. The van der Waals surface area contributed by atoms with Gasteiger partial charge in [-0.15, -0.1) is 0 Å². The van der Waals surface area contributed by atoms with Crippen molar-refractivity contribution in [3.8, 4) is 11.5 Å². The average molecular weight is 331 g/mol. The molecule has 2 aromatic carbocycles. The highest BCUT2D eigenvalue weighted by atomic mass is 32.2. The third-order valence-electron chi connectivity index (χ3n) is 3.85. The number of para-hydroxylation sites is 1. The van der Waals surface area contributed by atoms with E-state index in [0.717, 1.165) is 30.9 Å². The van der Waals surface area contributed by atoms with Gasteiger partial charge < -0.3 is 15.4 Å². The third kappa shape index (κ3) is 4.03. The van der Waals surface area contributed by atoms with E-state index in [-0.39, 0.29) is 6.04 Å². The molecule has 2 unspecified atom stereocenters. The first-order valence-electron chi connectivity index (χ1n) is 7.59. The first kappa shape index (κ1) is 15.8. The molecule has 3 rings (SSSR count). The number of nitrogen functional groups attached to an aromatic ring is 1. The van der Waals surface area contributed by atoms with Crippen LogP contribution in [0.3, 0.4) is 0 Å². The first-order valence-corrected chi connectivity index (χ1v) is 9.14. The number of nitrogens with two attached hydrogens (primary N) is 1. The largest absolute Gasteiger partial charge is 0.455 e. The van der Waals surface area contributed by atoms with Crippen LogP contribution in [0.15, 0.2) is 48.5 Å². The molecule has 1 aliphatic rings. The van der Waals surface area contributed by atoms with E-state index in [1.54, 1.807) is 6.26 Å². The Hall–Kier alpha value is -2.05. The van der Waals surface area contributed by atoms with E-state index in [9.17, 15) is 4.21 Å². The fraction of sp³-hybridized carbons (Fsp3) is 0.294. The minimum absolute atomic E-state index is 0.247. The smallest absolute Gasteiger partial charge is 0.152 e. The zero-order valence-corrected chi connectivity index (χ0v) is 13.9. The van der Waals surface area contributed by atoms with Crippen molar-refractivity contribution >= 4 is 22.4 Å². The second-order valence-electron chi connectivity index (χ2n) is 5.64. The summed E-state index contributed by atoms with van der Waals surface area (Å²) >= 11 is 0. The molecule has 0 aromatic heterocycles. The van der Waals surface area contributed by atoms with Gasteiger partial charge in [0.25, 0.3) is 0 Å². The maximum absolute atomic E-state index is 11.3. The predicted octanol–water partition coefficient (Wildman–Crippen LogP) is 2.52. The molecular formula is C17H21N3O2S. The van der Waals surface area contributed by atoms with Gasteiger partial charge in [-0.05, 0) is 30.7 Å². The quantitative estimate of drug-likeness (QED) is 0.826. The highest BCUT2D eigenvalue weighted by Crippen LogP contribution is 2.32. The van der Waals surface area contributed by atoms with Crippen LogP contribution >= 0.6 is 0 Å². The van der Waals surface area contributed by atoms with Gasteiger partial charge in [0, 0.05) is 37.1 Å². The molecule has 1 aliphatic heterocycles. The zero-order valence-electron chi connectivity index (χ0n) is 13.1. The molecule has 0 saturated carbocycles. The lowest BCUT2D eigenvalue weighted by molar-refractivity contribution is 0.485. The fourth-order valence-corrected chi connectivity index (χ4v) is 3.41. The Labute approximate surface area is 139 Å². The van der Waals surface area contributed by atoms with E-state index < -0.39 is 11.0 Å². The molecule has 2 aromatic rings. The molecule has 5 nitrogen and oxygen atoms in total. The summed E-state index contributed by atoms with van der Waals surface area (Å²) in [5.41, 5.74) is 7.71. The second-order valence-corrected chi connectivity index (χ2v) is 6.78. The summed E-state index contributed by atoms with van der Waals surface area (Å²) in [7, 11) is -0.983. The Morgan fingerprint density at radius 1 is 1.26 bits per heavy atom. The Kier molecular flexibility index (Phi) is 4.83. The summed E-state index contributed by atoms with van der Waals surface area (Å²) < 4.78 is 20.3. The van der Waals surface area contributed by atoms with Crippen molar-refractivity contribution in [3.05, 3.63) is 48.5 Å². The Morgan fingerprint density at radius 2 is 2.04 bits per heavy atom. The van der Waals surface area contributed by atoms with Crippen molar-refractivity contribution in [2.75, 3.05) is 30.0 Å². The number of nitrogens with zero attached hydrogens (tertiary/aromatic N) is 1. The van der Waals surface area contributed by atoms with Gasteiger partial charge in [-0.1, -0.05) is 18.2 Å². The van der Waals surface area contributed by atoms with Gasteiger partial charge in [-0.2, -0.15) is 0 Å². The van der Waals surface area contributed by atoms with Crippen LogP contribution in [-0.4, -0.2) is 29.6 Å². The molecule has 0 bridgehead atoms. The summed E-state index contributed by atoms with van der Waals surface area (Å²) in [6.45, 7) is 1.75. The van der Waals surface area contributed by atoms with Crippen molar-refractivity contribution in [2.45, 2.75) is 12.5 Å². The molecular weight excluding hydrogens is 310 g/mol. The van der Waals surface area contributed by atoms with Gasteiger partial charge in [0.2, 0.25) is 0 Å². The molecule has 2 atom stereocenters. The maximum atomic E-state index is 11.3. The average Bonchev–Trinajstić information content (AvgIpc) is 2.98. The van der Waals surface area contributed by atoms with E-state index in [4.69, 9.17) is 10.5 Å². The standard InChI is InChI=1S/C17H21N3O2S/c1-23(21)19-13-9-10-20(12-13)14-7-8-16(18)17(11-14)22-15-5-3-2-4-6-15/h2-8,11,13,19H,9-10,12,18H2,1H3. The van der Waals surface area contributed by atoms with E-state index in [1.807, 2.05) is 48.5 Å². The number of hydrogen-bond acceptors (Lipinski definition) is 4. The molecule has 1 saturated heterocycles. The van der Waals surface area contributed by atoms with Crippen molar-refractivity contribution < 1.29 is 8.95 Å². The first-order chi connectivity index (χ1) is 11.1. The van der Waals surface area contributed by atoms with Crippen LogP contribution in [0.1, 0.15) is 6.42 Å². The number of rotatable bonds is 5. The van der Waals surface area contributed by atoms with Gasteiger partial charge in [-0.3, -0.25) is 0 Å². The lowest BCUT2D eigenvalue weighted by Gasteiger charge is -2.20. The molecule has 1 fully saturated rings. The van der Waals surface area contributed by atoms with Crippen molar-refractivity contribution in [3.63, 3.8) is 0 Å². The van der Waals surface area contributed by atoms with Crippen LogP contribution in [0.4, 0.5) is 11.4 Å². The number of hydrogen-bond donors (Lipinski definition) is 2. The second kappa shape index (κ2) is 7.02.